The summed E-state index contributed by atoms with van der Waals surface area (Å²) in [5.41, 5.74) is 0.593. The van der Waals surface area contributed by atoms with Crippen LogP contribution in [0.25, 0.3) is 11.0 Å². The molecule has 1 N–H and O–H groups in total. The number of carbonyl (C=O) groups is 1. The van der Waals surface area contributed by atoms with Crippen molar-refractivity contribution in [2.45, 2.75) is 37.9 Å². The van der Waals surface area contributed by atoms with Gasteiger partial charge in [-0.05, 0) is 25.3 Å². The van der Waals surface area contributed by atoms with Crippen molar-refractivity contribution >= 4 is 16.9 Å². The van der Waals surface area contributed by atoms with Crippen molar-refractivity contribution < 1.29 is 22.7 Å². The molecule has 2 heterocycles. The summed E-state index contributed by atoms with van der Waals surface area (Å²) in [4.78, 5) is 16.4. The number of pyridine rings is 1. The van der Waals surface area contributed by atoms with Crippen molar-refractivity contribution in [1.82, 2.24) is 20.1 Å². The van der Waals surface area contributed by atoms with E-state index in [0.717, 1.165) is 24.5 Å². The number of halogens is 3. The first kappa shape index (κ1) is 20.2. The third kappa shape index (κ3) is 4.10. The van der Waals surface area contributed by atoms with Gasteiger partial charge in [-0.3, -0.25) is 9.48 Å². The van der Waals surface area contributed by atoms with Crippen LogP contribution in [-0.4, -0.2) is 27.3 Å². The van der Waals surface area contributed by atoms with Crippen molar-refractivity contribution in [2.75, 3.05) is 6.61 Å². The molecule has 4 rings (SSSR count). The van der Waals surface area contributed by atoms with Crippen LogP contribution in [0.3, 0.4) is 0 Å². The SMILES string of the molecule is CC(NC(=O)COc1cc(C(F)(F)F)c2c(C3CC3)nn(C)c2n1)c1ccccc1. The number of nitrogens with zero attached hydrogens (tertiary/aromatic N) is 3. The fourth-order valence-corrected chi connectivity index (χ4v) is 3.44. The van der Waals surface area contributed by atoms with Crippen LogP contribution < -0.4 is 10.1 Å². The Kier molecular flexibility index (Phi) is 5.13. The van der Waals surface area contributed by atoms with E-state index < -0.39 is 24.3 Å². The molecule has 9 heteroatoms. The van der Waals surface area contributed by atoms with Crippen LogP contribution in [0, 0.1) is 0 Å². The third-order valence-electron chi connectivity index (χ3n) is 5.09. The predicted octanol–water partition coefficient (Wildman–Crippen LogP) is 4.12. The van der Waals surface area contributed by atoms with Crippen LogP contribution in [0.1, 0.15) is 48.5 Å². The number of ether oxygens (including phenoxy) is 1. The van der Waals surface area contributed by atoms with E-state index in [1.807, 2.05) is 37.3 Å². The standard InChI is InChI=1S/C21H21F3N4O2/c1-12(13-6-4-3-5-7-13)25-16(29)11-30-17-10-15(21(22,23)24)18-19(14-8-9-14)27-28(2)20(18)26-17/h3-7,10,12,14H,8-9,11H2,1-2H3,(H,25,29). The number of hydrogen-bond acceptors (Lipinski definition) is 4. The van der Waals surface area contributed by atoms with E-state index in [2.05, 4.69) is 15.4 Å². The predicted molar refractivity (Wildman–Crippen MR) is 104 cm³/mol. The number of nitrogens with one attached hydrogen (secondary N) is 1. The van der Waals surface area contributed by atoms with Gasteiger partial charge in [0.15, 0.2) is 12.3 Å². The largest absolute Gasteiger partial charge is 0.467 e. The lowest BCUT2D eigenvalue weighted by atomic mass is 10.1. The molecule has 30 heavy (non-hydrogen) atoms. The summed E-state index contributed by atoms with van der Waals surface area (Å²) >= 11 is 0. The van der Waals surface area contributed by atoms with Gasteiger partial charge < -0.3 is 10.1 Å². The molecule has 1 aliphatic rings. The fraction of sp³-hybridized carbons (Fsp3) is 0.381. The van der Waals surface area contributed by atoms with Gasteiger partial charge >= 0.3 is 6.18 Å². The van der Waals surface area contributed by atoms with Crippen LogP contribution in [0.2, 0.25) is 0 Å². The first-order valence-corrected chi connectivity index (χ1v) is 9.66. The van der Waals surface area contributed by atoms with Gasteiger partial charge in [-0.1, -0.05) is 30.3 Å². The normalized spacial score (nSPS) is 15.2. The Morgan fingerprint density at radius 3 is 2.63 bits per heavy atom. The van der Waals surface area contributed by atoms with Crippen molar-refractivity contribution in [1.29, 1.82) is 0 Å². The van der Waals surface area contributed by atoms with Crippen LogP contribution >= 0.6 is 0 Å². The number of aryl methyl sites for hydroxylation is 1. The number of hydrogen-bond donors (Lipinski definition) is 1. The Bertz CT molecular complexity index is 1080. The monoisotopic (exact) mass is 418 g/mol. The average Bonchev–Trinajstić information content (AvgIpc) is 3.50. The summed E-state index contributed by atoms with van der Waals surface area (Å²) < 4.78 is 47.9. The van der Waals surface area contributed by atoms with Gasteiger partial charge in [-0.15, -0.1) is 0 Å². The van der Waals surface area contributed by atoms with E-state index in [9.17, 15) is 18.0 Å². The molecule has 1 unspecified atom stereocenters. The minimum atomic E-state index is -4.59. The molecule has 3 aromatic rings. The van der Waals surface area contributed by atoms with E-state index in [1.165, 1.54) is 4.68 Å². The molecular weight excluding hydrogens is 397 g/mol. The summed E-state index contributed by atoms with van der Waals surface area (Å²) in [5.74, 6) is -0.679. The van der Waals surface area contributed by atoms with Gasteiger partial charge in [-0.2, -0.15) is 23.3 Å². The van der Waals surface area contributed by atoms with Gasteiger partial charge in [0.2, 0.25) is 5.88 Å². The highest BCUT2D eigenvalue weighted by molar-refractivity contribution is 5.84. The zero-order valence-corrected chi connectivity index (χ0v) is 16.5. The number of benzene rings is 1. The quantitative estimate of drug-likeness (QED) is 0.654. The maximum absolute atomic E-state index is 13.7. The summed E-state index contributed by atoms with van der Waals surface area (Å²) in [6, 6.07) is 9.92. The Morgan fingerprint density at radius 1 is 1.30 bits per heavy atom. The van der Waals surface area contributed by atoms with Crippen molar-refractivity contribution in [2.24, 2.45) is 7.05 Å². The minimum Gasteiger partial charge on any atom is -0.467 e. The Balaban J connectivity index is 1.54. The Morgan fingerprint density at radius 2 is 2.00 bits per heavy atom. The first-order valence-electron chi connectivity index (χ1n) is 9.66. The van der Waals surface area contributed by atoms with E-state index in [-0.39, 0.29) is 28.9 Å². The Hall–Kier alpha value is -3.10. The van der Waals surface area contributed by atoms with Crippen LogP contribution in [0.15, 0.2) is 36.4 Å². The van der Waals surface area contributed by atoms with Gasteiger partial charge in [0, 0.05) is 19.0 Å². The topological polar surface area (TPSA) is 69.0 Å². The lowest BCUT2D eigenvalue weighted by molar-refractivity contribution is -0.136. The molecule has 1 atom stereocenters. The minimum absolute atomic E-state index is 0.0157. The molecule has 0 saturated heterocycles. The second-order valence-corrected chi connectivity index (χ2v) is 7.48. The average molecular weight is 418 g/mol. The molecule has 158 valence electrons. The molecular formula is C21H21F3N4O2. The summed E-state index contributed by atoms with van der Waals surface area (Å²) in [7, 11) is 1.55. The molecule has 0 aliphatic heterocycles. The summed E-state index contributed by atoms with van der Waals surface area (Å²) in [6.07, 6.45) is -2.95. The highest BCUT2D eigenvalue weighted by Gasteiger charge is 2.39. The fourth-order valence-electron chi connectivity index (χ4n) is 3.44. The van der Waals surface area contributed by atoms with Gasteiger partial charge in [0.25, 0.3) is 5.91 Å². The molecule has 6 nitrogen and oxygen atoms in total. The maximum atomic E-state index is 13.7. The molecule has 2 aromatic heterocycles. The maximum Gasteiger partial charge on any atom is 0.417 e. The number of carbonyl (C=O) groups excluding carboxylic acids is 1. The third-order valence-corrected chi connectivity index (χ3v) is 5.09. The zero-order valence-electron chi connectivity index (χ0n) is 16.5. The second kappa shape index (κ2) is 7.62. The lowest BCUT2D eigenvalue weighted by Crippen LogP contribution is -2.31. The number of rotatable bonds is 6. The van der Waals surface area contributed by atoms with Gasteiger partial charge in [0.05, 0.1) is 22.7 Å². The van der Waals surface area contributed by atoms with Gasteiger partial charge in [0.1, 0.15) is 0 Å². The highest BCUT2D eigenvalue weighted by Crippen LogP contribution is 2.46. The van der Waals surface area contributed by atoms with E-state index >= 15 is 0 Å². The number of alkyl halides is 3. The molecule has 0 bridgehead atoms. The smallest absolute Gasteiger partial charge is 0.417 e. The van der Waals surface area contributed by atoms with E-state index in [1.54, 1.807) is 7.05 Å². The zero-order chi connectivity index (χ0) is 21.5. The van der Waals surface area contributed by atoms with Crippen LogP contribution in [0.4, 0.5) is 13.2 Å². The van der Waals surface area contributed by atoms with Crippen molar-refractivity contribution in [3.8, 4) is 5.88 Å². The van der Waals surface area contributed by atoms with Crippen LogP contribution in [0.5, 0.6) is 5.88 Å². The highest BCUT2D eigenvalue weighted by atomic mass is 19.4. The molecule has 0 spiro atoms. The lowest BCUT2D eigenvalue weighted by Gasteiger charge is -2.15. The van der Waals surface area contributed by atoms with Crippen molar-refractivity contribution in [3.05, 3.63) is 53.2 Å². The van der Waals surface area contributed by atoms with E-state index in [4.69, 9.17) is 4.74 Å². The summed E-state index contributed by atoms with van der Waals surface area (Å²) in [5, 5.41) is 7.03. The van der Waals surface area contributed by atoms with Crippen LogP contribution in [-0.2, 0) is 18.0 Å². The number of aromatic nitrogens is 3. The second-order valence-electron chi connectivity index (χ2n) is 7.48. The van der Waals surface area contributed by atoms with E-state index in [0.29, 0.717) is 5.69 Å². The molecule has 1 amide bonds. The molecule has 1 saturated carbocycles. The number of amides is 1. The van der Waals surface area contributed by atoms with Gasteiger partial charge in [-0.25, -0.2) is 0 Å². The van der Waals surface area contributed by atoms with Crippen molar-refractivity contribution in [3.63, 3.8) is 0 Å². The first-order chi connectivity index (χ1) is 14.2. The molecule has 0 radical (unpaired) electrons. The molecule has 1 fully saturated rings. The molecule has 1 aliphatic carbocycles. The summed E-state index contributed by atoms with van der Waals surface area (Å²) in [6.45, 7) is 1.37. The number of fused-ring (bicyclic) bond motifs is 1. The Labute approximate surface area is 171 Å². The molecule has 1 aromatic carbocycles.